The Morgan fingerprint density at radius 3 is 2.32 bits per heavy atom. The van der Waals surface area contributed by atoms with E-state index in [0.717, 1.165) is 22.3 Å². The number of aryl methyl sites for hydroxylation is 2. The molecule has 2 heterocycles. The zero-order valence-corrected chi connectivity index (χ0v) is 20.4. The Balaban J connectivity index is 1.73. The van der Waals surface area contributed by atoms with E-state index in [1.807, 2.05) is 56.3 Å². The maximum absolute atomic E-state index is 13.8. The summed E-state index contributed by atoms with van der Waals surface area (Å²) >= 11 is 6.44. The summed E-state index contributed by atoms with van der Waals surface area (Å²) in [6.07, 6.45) is 0. The van der Waals surface area contributed by atoms with Gasteiger partial charge in [-0.3, -0.25) is 9.59 Å². The summed E-state index contributed by atoms with van der Waals surface area (Å²) in [5.74, 6) is 0.196. The summed E-state index contributed by atoms with van der Waals surface area (Å²) in [6, 6.07) is 18.7. The van der Waals surface area contributed by atoms with Crippen molar-refractivity contribution in [3.63, 3.8) is 0 Å². The second-order valence-corrected chi connectivity index (χ2v) is 9.76. The Morgan fingerprint density at radius 1 is 0.971 bits per heavy atom. The van der Waals surface area contributed by atoms with Gasteiger partial charge in [0.15, 0.2) is 5.43 Å². The minimum atomic E-state index is -0.553. The van der Waals surface area contributed by atoms with E-state index in [2.05, 4.69) is 26.0 Å². The number of benzene rings is 3. The van der Waals surface area contributed by atoms with Crippen LogP contribution in [0.3, 0.4) is 0 Å². The molecule has 0 bridgehead atoms. The summed E-state index contributed by atoms with van der Waals surface area (Å²) in [5, 5.41) is 1.08. The average Bonchev–Trinajstić information content (AvgIpc) is 3.08. The SMILES string of the molecule is Cc1cc2oc3c(c(=O)c2cc1C)C(c1ccc(C(C)C)cc1)N(Cc1ccccc1Cl)C3=O. The molecule has 0 radical (unpaired) electrons. The van der Waals surface area contributed by atoms with Gasteiger partial charge in [-0.1, -0.05) is 67.9 Å². The molecule has 1 unspecified atom stereocenters. The summed E-state index contributed by atoms with van der Waals surface area (Å²) in [6.45, 7) is 8.48. The van der Waals surface area contributed by atoms with E-state index in [-0.39, 0.29) is 23.6 Å². The van der Waals surface area contributed by atoms with Gasteiger partial charge in [-0.2, -0.15) is 0 Å². The molecule has 3 aromatic carbocycles. The van der Waals surface area contributed by atoms with Gasteiger partial charge in [-0.25, -0.2) is 0 Å². The molecule has 1 amide bonds. The number of carbonyl (C=O) groups excluding carboxylic acids is 1. The van der Waals surface area contributed by atoms with E-state index in [0.29, 0.717) is 27.5 Å². The second-order valence-electron chi connectivity index (χ2n) is 9.35. The fourth-order valence-electron chi connectivity index (χ4n) is 4.66. The first-order valence-electron chi connectivity index (χ1n) is 11.5. The largest absolute Gasteiger partial charge is 0.450 e. The molecule has 5 rings (SSSR count). The highest BCUT2D eigenvalue weighted by molar-refractivity contribution is 6.31. The third-order valence-corrected chi connectivity index (χ3v) is 7.17. The lowest BCUT2D eigenvalue weighted by molar-refractivity contribution is 0.0714. The standard InChI is InChI=1S/C29H26ClNO3/c1-16(2)19-9-11-20(12-10-19)26-25-27(32)22-13-17(3)18(4)14-24(22)34-28(25)29(33)31(26)15-21-7-5-6-8-23(21)30/h5-14,16,26H,15H2,1-4H3. The van der Waals surface area contributed by atoms with Crippen LogP contribution in [0.5, 0.6) is 0 Å². The Hall–Kier alpha value is -3.37. The monoisotopic (exact) mass is 471 g/mol. The molecular formula is C29H26ClNO3. The number of nitrogens with zero attached hydrogens (tertiary/aromatic N) is 1. The molecular weight excluding hydrogens is 446 g/mol. The van der Waals surface area contributed by atoms with E-state index in [4.69, 9.17) is 16.0 Å². The van der Waals surface area contributed by atoms with Crippen LogP contribution in [0.1, 0.15) is 69.7 Å². The van der Waals surface area contributed by atoms with Crippen molar-refractivity contribution in [2.75, 3.05) is 0 Å². The smallest absolute Gasteiger partial charge is 0.291 e. The van der Waals surface area contributed by atoms with E-state index in [1.54, 1.807) is 11.0 Å². The van der Waals surface area contributed by atoms with Crippen molar-refractivity contribution in [2.24, 2.45) is 0 Å². The molecule has 0 saturated carbocycles. The third-order valence-electron chi connectivity index (χ3n) is 6.80. The average molecular weight is 472 g/mol. The highest BCUT2D eigenvalue weighted by atomic mass is 35.5. The zero-order chi connectivity index (χ0) is 24.1. The third kappa shape index (κ3) is 3.63. The van der Waals surface area contributed by atoms with Gasteiger partial charge >= 0.3 is 0 Å². The van der Waals surface area contributed by atoms with Crippen LogP contribution in [0.25, 0.3) is 11.0 Å². The van der Waals surface area contributed by atoms with Crippen LogP contribution >= 0.6 is 11.6 Å². The first-order valence-corrected chi connectivity index (χ1v) is 11.9. The van der Waals surface area contributed by atoms with Crippen molar-refractivity contribution in [3.8, 4) is 0 Å². The summed E-state index contributed by atoms with van der Waals surface area (Å²) < 4.78 is 6.12. The van der Waals surface area contributed by atoms with Crippen LogP contribution < -0.4 is 5.43 Å². The van der Waals surface area contributed by atoms with Crippen LogP contribution in [0.15, 0.2) is 69.9 Å². The molecule has 172 valence electrons. The summed E-state index contributed by atoms with van der Waals surface area (Å²) in [4.78, 5) is 29.2. The quantitative estimate of drug-likeness (QED) is 0.324. The van der Waals surface area contributed by atoms with Gasteiger partial charge in [0.05, 0.1) is 17.0 Å². The summed E-state index contributed by atoms with van der Waals surface area (Å²) in [7, 11) is 0. The Kier molecular flexibility index (Phi) is 5.57. The molecule has 1 aromatic heterocycles. The lowest BCUT2D eigenvalue weighted by atomic mass is 9.94. The Morgan fingerprint density at radius 2 is 1.65 bits per heavy atom. The van der Waals surface area contributed by atoms with Gasteiger partial charge < -0.3 is 9.32 Å². The van der Waals surface area contributed by atoms with Gasteiger partial charge in [-0.05, 0) is 65.8 Å². The number of carbonyl (C=O) groups is 1. The normalized spacial score (nSPS) is 15.4. The zero-order valence-electron chi connectivity index (χ0n) is 19.7. The lowest BCUT2D eigenvalue weighted by Gasteiger charge is -2.26. The molecule has 4 aromatic rings. The molecule has 0 N–H and O–H groups in total. The molecule has 0 fully saturated rings. The number of hydrogen-bond donors (Lipinski definition) is 0. The molecule has 4 nitrogen and oxygen atoms in total. The van der Waals surface area contributed by atoms with Crippen molar-refractivity contribution in [2.45, 2.75) is 46.2 Å². The van der Waals surface area contributed by atoms with E-state index >= 15 is 0 Å². The van der Waals surface area contributed by atoms with Crippen LogP contribution in [-0.4, -0.2) is 10.8 Å². The minimum Gasteiger partial charge on any atom is -0.450 e. The van der Waals surface area contributed by atoms with Crippen molar-refractivity contribution in [1.29, 1.82) is 0 Å². The molecule has 5 heteroatoms. The second kappa shape index (κ2) is 8.44. The number of rotatable bonds is 4. The predicted octanol–water partition coefficient (Wildman–Crippen LogP) is 6.93. The maximum atomic E-state index is 13.8. The lowest BCUT2D eigenvalue weighted by Crippen LogP contribution is -2.29. The maximum Gasteiger partial charge on any atom is 0.291 e. The van der Waals surface area contributed by atoms with Gasteiger partial charge in [0.2, 0.25) is 5.76 Å². The molecule has 0 aliphatic carbocycles. The topological polar surface area (TPSA) is 50.5 Å². The van der Waals surface area contributed by atoms with Gasteiger partial charge in [0.1, 0.15) is 5.58 Å². The predicted molar refractivity (Wildman–Crippen MR) is 136 cm³/mol. The summed E-state index contributed by atoms with van der Waals surface area (Å²) in [5.41, 5.74) is 5.58. The van der Waals surface area contributed by atoms with Crippen LogP contribution in [0.2, 0.25) is 5.02 Å². The van der Waals surface area contributed by atoms with Crippen molar-refractivity contribution in [3.05, 3.63) is 115 Å². The van der Waals surface area contributed by atoms with Gasteiger partial charge in [0, 0.05) is 11.6 Å². The first kappa shape index (κ1) is 22.4. The van der Waals surface area contributed by atoms with Crippen LogP contribution in [-0.2, 0) is 6.54 Å². The number of hydrogen-bond acceptors (Lipinski definition) is 3. The number of halogens is 1. The Labute approximate surface area is 203 Å². The van der Waals surface area contributed by atoms with Gasteiger partial charge in [0.25, 0.3) is 5.91 Å². The van der Waals surface area contributed by atoms with Crippen molar-refractivity contribution < 1.29 is 9.21 Å². The number of fused-ring (bicyclic) bond motifs is 2. The molecule has 34 heavy (non-hydrogen) atoms. The number of amides is 1. The van der Waals surface area contributed by atoms with Crippen molar-refractivity contribution in [1.82, 2.24) is 4.90 Å². The van der Waals surface area contributed by atoms with E-state index in [9.17, 15) is 9.59 Å². The highest BCUT2D eigenvalue weighted by Crippen LogP contribution is 2.40. The molecule has 1 aliphatic heterocycles. The fourth-order valence-corrected chi connectivity index (χ4v) is 4.85. The van der Waals surface area contributed by atoms with Crippen LogP contribution in [0.4, 0.5) is 0 Å². The molecule has 0 saturated heterocycles. The first-order chi connectivity index (χ1) is 16.3. The van der Waals surface area contributed by atoms with Crippen molar-refractivity contribution >= 4 is 28.5 Å². The molecule has 1 aliphatic rings. The minimum absolute atomic E-state index is 0.116. The molecule has 0 spiro atoms. The van der Waals surface area contributed by atoms with E-state index in [1.165, 1.54) is 5.56 Å². The fraction of sp³-hybridized carbons (Fsp3) is 0.241. The highest BCUT2D eigenvalue weighted by Gasteiger charge is 2.43. The van der Waals surface area contributed by atoms with E-state index < -0.39 is 6.04 Å². The molecule has 1 atom stereocenters. The Bertz CT molecular complexity index is 1480. The van der Waals surface area contributed by atoms with Crippen LogP contribution in [0, 0.1) is 13.8 Å². The van der Waals surface area contributed by atoms with Gasteiger partial charge in [-0.15, -0.1) is 0 Å².